The predicted molar refractivity (Wildman–Crippen MR) is 41.0 cm³/mol. The van der Waals surface area contributed by atoms with Gasteiger partial charge in [0.15, 0.2) is 0 Å². The van der Waals surface area contributed by atoms with Crippen LogP contribution in [0.5, 0.6) is 0 Å². The van der Waals surface area contributed by atoms with Crippen molar-refractivity contribution in [1.29, 1.82) is 5.41 Å². The lowest BCUT2D eigenvalue weighted by Gasteiger charge is -2.01. The summed E-state index contributed by atoms with van der Waals surface area (Å²) in [5, 5.41) is 7.03. The van der Waals surface area contributed by atoms with Crippen LogP contribution in [0.1, 0.15) is 13.3 Å². The van der Waals surface area contributed by atoms with Gasteiger partial charge in [-0.1, -0.05) is 0 Å². The lowest BCUT2D eigenvalue weighted by atomic mass is 10.3. The van der Waals surface area contributed by atoms with Crippen LogP contribution in [0.2, 0.25) is 0 Å². The summed E-state index contributed by atoms with van der Waals surface area (Å²) in [6, 6.07) is 0. The molecule has 0 saturated heterocycles. The van der Waals surface area contributed by atoms with E-state index in [-0.39, 0.29) is 13.0 Å². The molecule has 0 unspecified atom stereocenters. The average Bonchev–Trinajstić information content (AvgIpc) is 2.03. The summed E-state index contributed by atoms with van der Waals surface area (Å²) in [4.78, 5) is 21.3. The number of hydrogen-bond donors (Lipinski definition) is 1. The van der Waals surface area contributed by atoms with Crippen LogP contribution in [-0.2, 0) is 19.1 Å². The van der Waals surface area contributed by atoms with Gasteiger partial charge in [0.1, 0.15) is 5.71 Å². The normalized spacial score (nSPS) is 8.83. The third-order valence-electron chi connectivity index (χ3n) is 1.06. The number of nitrogens with one attached hydrogen (secondary N) is 1. The molecule has 0 aliphatic heterocycles. The van der Waals surface area contributed by atoms with Crippen LogP contribution in [-0.4, -0.2) is 31.4 Å². The fourth-order valence-electron chi connectivity index (χ4n) is 0.552. The van der Waals surface area contributed by atoms with Crippen molar-refractivity contribution in [3.63, 3.8) is 0 Å². The van der Waals surface area contributed by atoms with Gasteiger partial charge in [0.2, 0.25) is 0 Å². The first-order chi connectivity index (χ1) is 5.61. The Morgan fingerprint density at radius 1 is 1.42 bits per heavy atom. The maximum absolute atomic E-state index is 10.7. The molecular weight excluding hydrogens is 162 g/mol. The van der Waals surface area contributed by atoms with E-state index < -0.39 is 17.7 Å². The van der Waals surface area contributed by atoms with Crippen molar-refractivity contribution in [3.05, 3.63) is 0 Å². The van der Waals surface area contributed by atoms with E-state index in [2.05, 4.69) is 9.47 Å². The van der Waals surface area contributed by atoms with Gasteiger partial charge in [-0.2, -0.15) is 0 Å². The van der Waals surface area contributed by atoms with E-state index in [1.165, 1.54) is 0 Å². The van der Waals surface area contributed by atoms with Crippen molar-refractivity contribution in [1.82, 2.24) is 0 Å². The molecule has 0 atom stereocenters. The number of hydrogen-bond acceptors (Lipinski definition) is 5. The molecule has 0 aromatic carbocycles. The van der Waals surface area contributed by atoms with Gasteiger partial charge in [-0.25, -0.2) is 4.79 Å². The molecule has 12 heavy (non-hydrogen) atoms. The minimum absolute atomic E-state index is 0.243. The minimum atomic E-state index is -0.803. The first-order valence-electron chi connectivity index (χ1n) is 3.43. The van der Waals surface area contributed by atoms with Crippen LogP contribution in [0, 0.1) is 5.41 Å². The van der Waals surface area contributed by atoms with Gasteiger partial charge in [0, 0.05) is 0 Å². The van der Waals surface area contributed by atoms with Gasteiger partial charge < -0.3 is 9.47 Å². The molecule has 5 heteroatoms. The van der Waals surface area contributed by atoms with Crippen LogP contribution in [0.4, 0.5) is 0 Å². The highest BCUT2D eigenvalue weighted by Gasteiger charge is 2.14. The molecule has 1 N–H and O–H groups in total. The number of ether oxygens (including phenoxy) is 2. The first-order valence-corrected chi connectivity index (χ1v) is 3.43. The monoisotopic (exact) mass is 173 g/mol. The fourth-order valence-corrected chi connectivity index (χ4v) is 0.552. The Morgan fingerprint density at radius 3 is 2.42 bits per heavy atom. The van der Waals surface area contributed by atoms with Crippen LogP contribution in [0.25, 0.3) is 0 Å². The molecule has 0 aliphatic rings. The first kappa shape index (κ1) is 10.6. The molecule has 0 radical (unpaired) electrons. The van der Waals surface area contributed by atoms with Crippen molar-refractivity contribution in [2.24, 2.45) is 0 Å². The van der Waals surface area contributed by atoms with Gasteiger partial charge in [-0.3, -0.25) is 10.2 Å². The number of rotatable bonds is 4. The largest absolute Gasteiger partial charge is 0.466 e. The zero-order valence-corrected chi connectivity index (χ0v) is 7.05. The van der Waals surface area contributed by atoms with Gasteiger partial charge >= 0.3 is 11.9 Å². The van der Waals surface area contributed by atoms with E-state index in [0.29, 0.717) is 0 Å². The van der Waals surface area contributed by atoms with Gasteiger partial charge in [0.05, 0.1) is 20.1 Å². The fraction of sp³-hybridized carbons (Fsp3) is 0.571. The summed E-state index contributed by atoms with van der Waals surface area (Å²) >= 11 is 0. The summed E-state index contributed by atoms with van der Waals surface area (Å²) in [6.07, 6.45) is -0.333. The molecule has 0 rings (SSSR count). The van der Waals surface area contributed by atoms with Crippen LogP contribution in [0.15, 0.2) is 0 Å². The topological polar surface area (TPSA) is 76.5 Å². The highest BCUT2D eigenvalue weighted by atomic mass is 16.5. The molecule has 0 amide bonds. The maximum Gasteiger partial charge on any atom is 0.352 e. The smallest absolute Gasteiger partial charge is 0.352 e. The van der Waals surface area contributed by atoms with Gasteiger partial charge in [0.25, 0.3) is 0 Å². The van der Waals surface area contributed by atoms with E-state index in [0.717, 1.165) is 7.11 Å². The molecular formula is C7H11NO4. The minimum Gasteiger partial charge on any atom is -0.466 e. The zero-order valence-electron chi connectivity index (χ0n) is 7.05. The highest BCUT2D eigenvalue weighted by Crippen LogP contribution is 1.91. The molecule has 0 aliphatic carbocycles. The average molecular weight is 173 g/mol. The predicted octanol–water partition coefficient (Wildman–Crippen LogP) is 0.132. The zero-order chi connectivity index (χ0) is 9.56. The standard InChI is InChI=1S/C7H11NO4/c1-3-12-6(9)4-5(8)7(10)11-2/h8H,3-4H2,1-2H3. The Kier molecular flexibility index (Phi) is 4.67. The summed E-state index contributed by atoms with van der Waals surface area (Å²) in [7, 11) is 1.15. The number of esters is 2. The molecule has 68 valence electrons. The molecule has 0 heterocycles. The highest BCUT2D eigenvalue weighted by molar-refractivity contribution is 6.38. The van der Waals surface area contributed by atoms with Gasteiger partial charge in [-0.05, 0) is 6.92 Å². The lowest BCUT2D eigenvalue weighted by molar-refractivity contribution is -0.142. The maximum atomic E-state index is 10.7. The van der Waals surface area contributed by atoms with Crippen LogP contribution in [0.3, 0.4) is 0 Å². The Bertz CT molecular complexity index is 200. The van der Waals surface area contributed by atoms with Crippen molar-refractivity contribution in [2.75, 3.05) is 13.7 Å². The SMILES string of the molecule is CCOC(=O)CC(=N)C(=O)OC. The second-order valence-corrected chi connectivity index (χ2v) is 1.95. The van der Waals surface area contributed by atoms with Crippen molar-refractivity contribution in [3.8, 4) is 0 Å². The number of carbonyl (C=O) groups is 2. The van der Waals surface area contributed by atoms with E-state index in [9.17, 15) is 9.59 Å². The van der Waals surface area contributed by atoms with E-state index in [1.54, 1.807) is 6.92 Å². The summed E-state index contributed by atoms with van der Waals surface area (Å²) < 4.78 is 8.74. The molecule has 0 aromatic rings. The van der Waals surface area contributed by atoms with E-state index in [1.807, 2.05) is 0 Å². The Labute approximate surface area is 70.2 Å². The molecule has 0 bridgehead atoms. The summed E-state index contributed by atoms with van der Waals surface area (Å²) in [5.74, 6) is -1.39. The summed E-state index contributed by atoms with van der Waals surface area (Å²) in [6.45, 7) is 1.90. The summed E-state index contributed by atoms with van der Waals surface area (Å²) in [5.41, 5.74) is -0.393. The molecule has 5 nitrogen and oxygen atoms in total. The Hall–Kier alpha value is -1.39. The van der Waals surface area contributed by atoms with Crippen molar-refractivity contribution in [2.45, 2.75) is 13.3 Å². The van der Waals surface area contributed by atoms with E-state index >= 15 is 0 Å². The third-order valence-corrected chi connectivity index (χ3v) is 1.06. The Balaban J connectivity index is 3.84. The number of methoxy groups -OCH3 is 1. The lowest BCUT2D eigenvalue weighted by Crippen LogP contribution is -2.19. The van der Waals surface area contributed by atoms with Crippen LogP contribution >= 0.6 is 0 Å². The third kappa shape index (κ3) is 3.70. The van der Waals surface area contributed by atoms with Gasteiger partial charge in [-0.15, -0.1) is 0 Å². The Morgan fingerprint density at radius 2 is 2.00 bits per heavy atom. The van der Waals surface area contributed by atoms with Crippen LogP contribution < -0.4 is 0 Å². The van der Waals surface area contributed by atoms with Crippen molar-refractivity contribution < 1.29 is 19.1 Å². The molecule has 0 fully saturated rings. The molecule has 0 saturated carbocycles. The quantitative estimate of drug-likeness (QED) is 0.484. The van der Waals surface area contributed by atoms with Crippen molar-refractivity contribution >= 4 is 17.7 Å². The molecule has 0 spiro atoms. The second kappa shape index (κ2) is 5.29. The molecule has 0 aromatic heterocycles. The van der Waals surface area contributed by atoms with E-state index in [4.69, 9.17) is 5.41 Å². The second-order valence-electron chi connectivity index (χ2n) is 1.95. The number of carbonyl (C=O) groups excluding carboxylic acids is 2.